The number of nitrogens with one attached hydrogen (secondary N) is 1. The van der Waals surface area contributed by atoms with Crippen molar-refractivity contribution in [3.8, 4) is 0 Å². The molecule has 1 aromatic heterocycles. The molecule has 1 saturated heterocycles. The highest BCUT2D eigenvalue weighted by molar-refractivity contribution is 6.42. The van der Waals surface area contributed by atoms with Gasteiger partial charge in [-0.2, -0.15) is 0 Å². The Morgan fingerprint density at radius 1 is 1.28 bits per heavy atom. The van der Waals surface area contributed by atoms with Crippen molar-refractivity contribution >= 4 is 40.6 Å². The molecule has 2 heterocycles. The average Bonchev–Trinajstić information content (AvgIpc) is 2.91. The van der Waals surface area contributed by atoms with Crippen molar-refractivity contribution < 1.29 is 9.53 Å². The van der Waals surface area contributed by atoms with Crippen LogP contribution in [0.4, 0.5) is 11.5 Å². The van der Waals surface area contributed by atoms with Gasteiger partial charge in [-0.3, -0.25) is 4.79 Å². The van der Waals surface area contributed by atoms with Crippen LogP contribution in [-0.2, 0) is 16.1 Å². The van der Waals surface area contributed by atoms with Crippen molar-refractivity contribution in [3.63, 3.8) is 0 Å². The number of halogens is 2. The molecule has 132 valence electrons. The Morgan fingerprint density at radius 3 is 2.80 bits per heavy atom. The predicted molar refractivity (Wildman–Crippen MR) is 98.3 cm³/mol. The molecule has 25 heavy (non-hydrogen) atoms. The first-order chi connectivity index (χ1) is 12.0. The highest BCUT2D eigenvalue weighted by Gasteiger charge is 2.33. The highest BCUT2D eigenvalue weighted by Crippen LogP contribution is 2.30. The quantitative estimate of drug-likeness (QED) is 0.859. The van der Waals surface area contributed by atoms with Gasteiger partial charge in [-0.25, -0.2) is 9.97 Å². The van der Waals surface area contributed by atoms with Gasteiger partial charge >= 0.3 is 0 Å². The minimum atomic E-state index is -0.348. The minimum absolute atomic E-state index is 0.0251. The largest absolute Gasteiger partial charge is 0.377 e. The van der Waals surface area contributed by atoms with Gasteiger partial charge in [0.2, 0.25) is 5.91 Å². The zero-order valence-corrected chi connectivity index (χ0v) is 15.4. The van der Waals surface area contributed by atoms with Crippen molar-refractivity contribution in [1.82, 2.24) is 9.97 Å². The molecular formula is C17H18Cl2N4O2. The van der Waals surface area contributed by atoms with Crippen molar-refractivity contribution in [2.24, 2.45) is 0 Å². The van der Waals surface area contributed by atoms with E-state index in [0.717, 1.165) is 11.4 Å². The molecule has 1 unspecified atom stereocenters. The number of anilines is 2. The van der Waals surface area contributed by atoms with E-state index in [4.69, 9.17) is 27.9 Å². The van der Waals surface area contributed by atoms with E-state index in [-0.39, 0.29) is 11.9 Å². The number of nitrogens with zero attached hydrogens (tertiary/aromatic N) is 3. The first-order valence-corrected chi connectivity index (χ1v) is 8.60. The molecule has 2 aromatic rings. The molecule has 0 aliphatic carbocycles. The van der Waals surface area contributed by atoms with Crippen LogP contribution < -0.4 is 10.2 Å². The lowest BCUT2D eigenvalue weighted by Crippen LogP contribution is -2.33. The second-order valence-electron chi connectivity index (χ2n) is 5.82. The van der Waals surface area contributed by atoms with Crippen LogP contribution in [0.1, 0.15) is 17.9 Å². The van der Waals surface area contributed by atoms with E-state index in [1.165, 1.54) is 0 Å². The molecule has 3 rings (SSSR count). The smallest absolute Gasteiger partial charge is 0.249 e. The van der Waals surface area contributed by atoms with E-state index < -0.39 is 0 Å². The summed E-state index contributed by atoms with van der Waals surface area (Å²) in [5, 5.41) is 4.10. The van der Waals surface area contributed by atoms with E-state index in [1.54, 1.807) is 30.2 Å². The van der Waals surface area contributed by atoms with Gasteiger partial charge in [0.1, 0.15) is 18.5 Å². The van der Waals surface area contributed by atoms with Gasteiger partial charge in [-0.1, -0.05) is 23.2 Å². The van der Waals surface area contributed by atoms with Gasteiger partial charge in [-0.05, 0) is 31.5 Å². The first kappa shape index (κ1) is 17.9. The molecule has 0 spiro atoms. The summed E-state index contributed by atoms with van der Waals surface area (Å²) in [7, 11) is 1.59. The molecule has 1 aliphatic rings. The summed E-state index contributed by atoms with van der Waals surface area (Å²) in [6.07, 6.45) is 0.668. The number of aryl methyl sites for hydroxylation is 1. The van der Waals surface area contributed by atoms with Crippen molar-refractivity contribution in [3.05, 3.63) is 45.8 Å². The lowest BCUT2D eigenvalue weighted by Gasteiger charge is -2.18. The molecule has 0 saturated carbocycles. The van der Waals surface area contributed by atoms with Crippen LogP contribution in [0.3, 0.4) is 0 Å². The number of rotatable bonds is 5. The van der Waals surface area contributed by atoms with Gasteiger partial charge in [0.15, 0.2) is 5.82 Å². The monoisotopic (exact) mass is 380 g/mol. The topological polar surface area (TPSA) is 67.3 Å². The summed E-state index contributed by atoms with van der Waals surface area (Å²) in [5.41, 5.74) is 1.55. The molecule has 1 atom stereocenters. The molecule has 1 fully saturated rings. The van der Waals surface area contributed by atoms with Crippen molar-refractivity contribution in [2.75, 3.05) is 23.9 Å². The summed E-state index contributed by atoms with van der Waals surface area (Å²) >= 11 is 12.0. The van der Waals surface area contributed by atoms with Gasteiger partial charge in [0.05, 0.1) is 10.0 Å². The van der Waals surface area contributed by atoms with Crippen molar-refractivity contribution in [1.29, 1.82) is 0 Å². The highest BCUT2D eigenvalue weighted by atomic mass is 35.5. The van der Waals surface area contributed by atoms with Crippen molar-refractivity contribution in [2.45, 2.75) is 26.0 Å². The number of carbonyl (C=O) groups excluding carboxylic acids is 1. The van der Waals surface area contributed by atoms with Crippen LogP contribution in [0.25, 0.3) is 0 Å². The SMILES string of the molecule is COCc1nc(C)cc(NC2CCN(c3ccc(Cl)c(Cl)c3)C2=O)n1. The summed E-state index contributed by atoms with van der Waals surface area (Å²) in [6.45, 7) is 2.80. The number of benzene rings is 1. The van der Waals surface area contributed by atoms with E-state index in [1.807, 2.05) is 13.0 Å². The molecule has 8 heteroatoms. The number of hydrogen-bond donors (Lipinski definition) is 1. The maximum atomic E-state index is 12.7. The number of carbonyl (C=O) groups is 1. The lowest BCUT2D eigenvalue weighted by molar-refractivity contribution is -0.117. The van der Waals surface area contributed by atoms with E-state index >= 15 is 0 Å². The van der Waals surface area contributed by atoms with Gasteiger partial charge in [-0.15, -0.1) is 0 Å². The number of aromatic nitrogens is 2. The molecule has 0 bridgehead atoms. The molecule has 1 N–H and O–H groups in total. The molecular weight excluding hydrogens is 363 g/mol. The second-order valence-corrected chi connectivity index (χ2v) is 6.63. The summed E-state index contributed by atoms with van der Waals surface area (Å²) in [5.74, 6) is 1.17. The fraction of sp³-hybridized carbons (Fsp3) is 0.353. The summed E-state index contributed by atoms with van der Waals surface area (Å²) < 4.78 is 5.07. The van der Waals surface area contributed by atoms with E-state index in [0.29, 0.717) is 41.3 Å². The zero-order chi connectivity index (χ0) is 18.0. The van der Waals surface area contributed by atoms with Crippen LogP contribution in [0, 0.1) is 6.92 Å². The third kappa shape index (κ3) is 4.03. The van der Waals surface area contributed by atoms with E-state index in [2.05, 4.69) is 15.3 Å². The van der Waals surface area contributed by atoms with Gasteiger partial charge in [0.25, 0.3) is 0 Å². The third-order valence-corrected chi connectivity index (χ3v) is 4.66. The summed E-state index contributed by atoms with van der Waals surface area (Å²) in [4.78, 5) is 23.1. The Kier molecular flexibility index (Phi) is 5.42. The standard InChI is InChI=1S/C17H18Cl2N4O2/c1-10-7-15(22-16(20-10)9-25-2)21-14-5-6-23(17(14)24)11-3-4-12(18)13(19)8-11/h3-4,7-8,14H,5-6,9H2,1-2H3,(H,20,21,22). The molecule has 0 radical (unpaired) electrons. The number of hydrogen-bond acceptors (Lipinski definition) is 5. The first-order valence-electron chi connectivity index (χ1n) is 7.84. The average molecular weight is 381 g/mol. The fourth-order valence-electron chi connectivity index (χ4n) is 2.80. The van der Waals surface area contributed by atoms with Crippen LogP contribution >= 0.6 is 23.2 Å². The number of methoxy groups -OCH3 is 1. The fourth-order valence-corrected chi connectivity index (χ4v) is 3.09. The van der Waals surface area contributed by atoms with Crippen LogP contribution in [-0.4, -0.2) is 35.6 Å². The molecule has 1 amide bonds. The lowest BCUT2D eigenvalue weighted by atomic mass is 10.2. The minimum Gasteiger partial charge on any atom is -0.377 e. The summed E-state index contributed by atoms with van der Waals surface area (Å²) in [6, 6.07) is 6.65. The molecule has 1 aliphatic heterocycles. The molecule has 6 nitrogen and oxygen atoms in total. The maximum Gasteiger partial charge on any atom is 0.249 e. The normalized spacial score (nSPS) is 17.2. The number of amides is 1. The van der Waals surface area contributed by atoms with Crippen LogP contribution in [0.2, 0.25) is 10.0 Å². The Bertz CT molecular complexity index is 800. The van der Waals surface area contributed by atoms with Gasteiger partial charge in [0, 0.05) is 31.1 Å². The van der Waals surface area contributed by atoms with Gasteiger partial charge < -0.3 is 15.0 Å². The Balaban J connectivity index is 1.75. The Hall–Kier alpha value is -1.89. The predicted octanol–water partition coefficient (Wildman–Crippen LogP) is 3.46. The third-order valence-electron chi connectivity index (χ3n) is 3.92. The second kappa shape index (κ2) is 7.56. The molecule has 1 aromatic carbocycles. The maximum absolute atomic E-state index is 12.7. The van der Waals surface area contributed by atoms with E-state index in [9.17, 15) is 4.79 Å². The Morgan fingerprint density at radius 2 is 2.08 bits per heavy atom. The zero-order valence-electron chi connectivity index (χ0n) is 13.9. The van der Waals surface area contributed by atoms with Crippen LogP contribution in [0.5, 0.6) is 0 Å². The van der Waals surface area contributed by atoms with Crippen LogP contribution in [0.15, 0.2) is 24.3 Å². The Labute approximate surface area is 156 Å². The number of ether oxygens (including phenoxy) is 1.